The van der Waals surface area contributed by atoms with Crippen molar-refractivity contribution in [2.75, 3.05) is 0 Å². The van der Waals surface area contributed by atoms with E-state index in [-0.39, 0.29) is 10.3 Å². The van der Waals surface area contributed by atoms with Gasteiger partial charge in [-0.25, -0.2) is 4.39 Å². The Kier molecular flexibility index (Phi) is 3.36. The average molecular weight is 353 g/mol. The van der Waals surface area contributed by atoms with Crippen LogP contribution in [0, 0.1) is 5.82 Å². The molecule has 1 aromatic heterocycles. The van der Waals surface area contributed by atoms with E-state index >= 15 is 0 Å². The molecule has 20 heavy (non-hydrogen) atoms. The summed E-state index contributed by atoms with van der Waals surface area (Å²) in [6, 6.07) is 9.50. The number of halogens is 3. The van der Waals surface area contributed by atoms with Crippen LogP contribution in [0.4, 0.5) is 4.39 Å². The van der Waals surface area contributed by atoms with Gasteiger partial charge in [0.15, 0.2) is 5.78 Å². The minimum Gasteiger partial charge on any atom is -0.360 e. The molecule has 3 rings (SSSR count). The lowest BCUT2D eigenvalue weighted by molar-refractivity contribution is 0.104. The molecule has 0 saturated heterocycles. The van der Waals surface area contributed by atoms with Gasteiger partial charge >= 0.3 is 0 Å². The zero-order valence-electron chi connectivity index (χ0n) is 10.1. The average Bonchev–Trinajstić information content (AvgIpc) is 2.84. The number of hydrogen-bond acceptors (Lipinski definition) is 1. The second-order valence-corrected chi connectivity index (χ2v) is 5.64. The maximum atomic E-state index is 13.2. The van der Waals surface area contributed by atoms with Crippen molar-refractivity contribution in [3.8, 4) is 0 Å². The highest BCUT2D eigenvalue weighted by atomic mass is 79.9. The van der Waals surface area contributed by atoms with Crippen LogP contribution in [0.2, 0.25) is 5.02 Å². The van der Waals surface area contributed by atoms with E-state index in [9.17, 15) is 9.18 Å². The van der Waals surface area contributed by atoms with Gasteiger partial charge in [-0.05, 0) is 46.3 Å². The smallest absolute Gasteiger partial charge is 0.195 e. The summed E-state index contributed by atoms with van der Waals surface area (Å²) in [7, 11) is 0. The second-order valence-electron chi connectivity index (χ2n) is 4.35. The van der Waals surface area contributed by atoms with Gasteiger partial charge in [0.1, 0.15) is 5.82 Å². The number of fused-ring (bicyclic) bond motifs is 1. The van der Waals surface area contributed by atoms with Crippen molar-refractivity contribution in [2.24, 2.45) is 0 Å². The van der Waals surface area contributed by atoms with Crippen molar-refractivity contribution in [1.82, 2.24) is 4.98 Å². The Balaban J connectivity index is 2.10. The van der Waals surface area contributed by atoms with Crippen LogP contribution >= 0.6 is 27.5 Å². The van der Waals surface area contributed by atoms with Crippen molar-refractivity contribution in [3.63, 3.8) is 0 Å². The summed E-state index contributed by atoms with van der Waals surface area (Å²) in [5.41, 5.74) is 1.76. The number of H-pyrrole nitrogens is 1. The minimum absolute atomic E-state index is 0.167. The van der Waals surface area contributed by atoms with Gasteiger partial charge in [-0.2, -0.15) is 0 Å². The fourth-order valence-corrected chi connectivity index (χ4v) is 2.63. The van der Waals surface area contributed by atoms with Crippen molar-refractivity contribution in [2.45, 2.75) is 0 Å². The Morgan fingerprint density at radius 2 is 2.00 bits per heavy atom. The van der Waals surface area contributed by atoms with E-state index in [4.69, 9.17) is 11.6 Å². The third-order valence-corrected chi connectivity index (χ3v) is 3.91. The minimum atomic E-state index is -0.396. The van der Waals surface area contributed by atoms with Gasteiger partial charge in [-0.3, -0.25) is 4.79 Å². The van der Waals surface area contributed by atoms with Crippen molar-refractivity contribution in [3.05, 3.63) is 69.0 Å². The molecule has 0 aliphatic heterocycles. The monoisotopic (exact) mass is 351 g/mol. The molecule has 0 aliphatic carbocycles. The van der Waals surface area contributed by atoms with Crippen LogP contribution in [0.15, 0.2) is 47.1 Å². The first-order valence-corrected chi connectivity index (χ1v) is 7.00. The first kappa shape index (κ1) is 13.3. The van der Waals surface area contributed by atoms with Crippen LogP contribution in [-0.4, -0.2) is 10.8 Å². The highest BCUT2D eigenvalue weighted by molar-refractivity contribution is 9.10. The first-order valence-electron chi connectivity index (χ1n) is 5.82. The molecule has 0 aliphatic rings. The van der Waals surface area contributed by atoms with Crippen LogP contribution in [0.5, 0.6) is 0 Å². The van der Waals surface area contributed by atoms with Gasteiger partial charge < -0.3 is 4.98 Å². The molecule has 0 radical (unpaired) electrons. The maximum Gasteiger partial charge on any atom is 0.195 e. The third kappa shape index (κ3) is 2.25. The summed E-state index contributed by atoms with van der Waals surface area (Å²) in [5, 5.41) is 1.39. The topological polar surface area (TPSA) is 32.9 Å². The normalized spacial score (nSPS) is 10.9. The van der Waals surface area contributed by atoms with E-state index in [1.54, 1.807) is 24.4 Å². The van der Waals surface area contributed by atoms with Crippen LogP contribution < -0.4 is 0 Å². The molecule has 2 aromatic carbocycles. The largest absolute Gasteiger partial charge is 0.360 e. The lowest BCUT2D eigenvalue weighted by atomic mass is 10.0. The van der Waals surface area contributed by atoms with Gasteiger partial charge in [-0.1, -0.05) is 17.7 Å². The van der Waals surface area contributed by atoms with Crippen LogP contribution in [0.25, 0.3) is 10.9 Å². The van der Waals surface area contributed by atoms with Crippen LogP contribution in [-0.2, 0) is 0 Å². The highest BCUT2D eigenvalue weighted by Crippen LogP contribution is 2.25. The van der Waals surface area contributed by atoms with Gasteiger partial charge in [0, 0.05) is 33.2 Å². The summed E-state index contributed by atoms with van der Waals surface area (Å²) in [5.74, 6) is -0.563. The fourth-order valence-electron chi connectivity index (χ4n) is 2.08. The summed E-state index contributed by atoms with van der Waals surface area (Å²) in [6.45, 7) is 0. The van der Waals surface area contributed by atoms with Gasteiger partial charge in [0.05, 0.1) is 4.47 Å². The Hall–Kier alpha value is -1.65. The predicted octanol–water partition coefficient (Wildman–Crippen LogP) is 4.95. The molecule has 100 valence electrons. The molecule has 2 nitrogen and oxygen atoms in total. The van der Waals surface area contributed by atoms with E-state index < -0.39 is 5.82 Å². The number of nitrogens with one attached hydrogen (secondary N) is 1. The van der Waals surface area contributed by atoms with E-state index in [1.807, 2.05) is 0 Å². The molecule has 1 N–H and O–H groups in total. The van der Waals surface area contributed by atoms with Crippen LogP contribution in [0.3, 0.4) is 0 Å². The van der Waals surface area contributed by atoms with E-state index in [0.29, 0.717) is 16.1 Å². The number of benzene rings is 2. The third-order valence-electron chi connectivity index (χ3n) is 3.07. The molecule has 0 spiro atoms. The number of aromatic amines is 1. The van der Waals surface area contributed by atoms with Crippen molar-refractivity contribution >= 4 is 44.2 Å². The molecular weight excluding hydrogens is 345 g/mol. The Bertz CT molecular complexity index is 828. The zero-order valence-corrected chi connectivity index (χ0v) is 12.4. The van der Waals surface area contributed by atoms with Crippen molar-refractivity contribution < 1.29 is 9.18 Å². The predicted molar refractivity (Wildman–Crippen MR) is 80.8 cm³/mol. The number of hydrogen-bond donors (Lipinski definition) is 1. The Morgan fingerprint density at radius 1 is 1.20 bits per heavy atom. The highest BCUT2D eigenvalue weighted by Gasteiger charge is 2.15. The molecule has 0 atom stereocenters. The quantitative estimate of drug-likeness (QED) is 0.650. The molecule has 0 bridgehead atoms. The fraction of sp³-hybridized carbons (Fsp3) is 0. The molecule has 0 fully saturated rings. The molecule has 5 heteroatoms. The maximum absolute atomic E-state index is 13.2. The molecule has 0 unspecified atom stereocenters. The first-order chi connectivity index (χ1) is 9.56. The number of ketones is 1. The number of aromatic nitrogens is 1. The lowest BCUT2D eigenvalue weighted by Crippen LogP contribution is -2.00. The SMILES string of the molecule is O=C(c1ccc(F)c(Br)c1)c1c[nH]c2cc(Cl)ccc12. The van der Waals surface area contributed by atoms with Gasteiger partial charge in [0.25, 0.3) is 0 Å². The summed E-state index contributed by atoms with van der Waals surface area (Å²) in [6.07, 6.45) is 1.64. The van der Waals surface area contributed by atoms with E-state index in [1.165, 1.54) is 18.2 Å². The summed E-state index contributed by atoms with van der Waals surface area (Å²) < 4.78 is 13.5. The summed E-state index contributed by atoms with van der Waals surface area (Å²) in [4.78, 5) is 15.5. The van der Waals surface area contributed by atoms with E-state index in [0.717, 1.165) is 10.9 Å². The Labute approximate surface area is 127 Å². The number of carbonyl (C=O) groups is 1. The molecular formula is C15H8BrClFNO. The standard InChI is InChI=1S/C15H8BrClFNO/c16-12-5-8(1-4-13(12)18)15(20)11-7-19-14-6-9(17)2-3-10(11)14/h1-7,19H. The second kappa shape index (κ2) is 5.04. The Morgan fingerprint density at radius 3 is 2.75 bits per heavy atom. The number of carbonyl (C=O) groups excluding carboxylic acids is 1. The molecule has 3 aromatic rings. The molecule has 0 saturated carbocycles. The molecule has 1 heterocycles. The molecule has 0 amide bonds. The lowest BCUT2D eigenvalue weighted by Gasteiger charge is -2.02. The van der Waals surface area contributed by atoms with Crippen LogP contribution in [0.1, 0.15) is 15.9 Å². The number of rotatable bonds is 2. The van der Waals surface area contributed by atoms with Gasteiger partial charge in [-0.15, -0.1) is 0 Å². The zero-order chi connectivity index (χ0) is 14.3. The van der Waals surface area contributed by atoms with Crippen molar-refractivity contribution in [1.29, 1.82) is 0 Å². The van der Waals surface area contributed by atoms with E-state index in [2.05, 4.69) is 20.9 Å². The summed E-state index contributed by atoms with van der Waals surface area (Å²) >= 11 is 8.99. The van der Waals surface area contributed by atoms with Gasteiger partial charge in [0.2, 0.25) is 0 Å².